The first-order valence-electron chi connectivity index (χ1n) is 7.01. The van der Waals surface area contributed by atoms with E-state index in [1.165, 1.54) is 37.7 Å². The van der Waals surface area contributed by atoms with Crippen LogP contribution in [0.3, 0.4) is 0 Å². The van der Waals surface area contributed by atoms with Gasteiger partial charge in [0.15, 0.2) is 0 Å². The van der Waals surface area contributed by atoms with Crippen molar-refractivity contribution in [1.82, 2.24) is 4.90 Å². The molecule has 1 aromatic rings. The lowest BCUT2D eigenvalue weighted by molar-refractivity contribution is 0.184. The van der Waals surface area contributed by atoms with Crippen molar-refractivity contribution in [3.05, 3.63) is 34.9 Å². The molecule has 1 saturated heterocycles. The Kier molecular flexibility index (Phi) is 5.48. The standard InChI is InChI=1S/C15H23ClN2/c16-14-9-5-4-8-13(14)15(12-17)18-10-6-2-1-3-7-11-18/h4-5,8-9,15H,1-3,6-7,10-12,17H2. The quantitative estimate of drug-likeness (QED) is 0.906. The van der Waals surface area contributed by atoms with E-state index in [0.29, 0.717) is 6.54 Å². The third-order valence-corrected chi connectivity index (χ3v) is 4.16. The van der Waals surface area contributed by atoms with Crippen LogP contribution in [0.5, 0.6) is 0 Å². The molecule has 0 saturated carbocycles. The number of benzene rings is 1. The Balaban J connectivity index is 2.13. The largest absolute Gasteiger partial charge is 0.329 e. The van der Waals surface area contributed by atoms with Gasteiger partial charge in [0.1, 0.15) is 0 Å². The highest BCUT2D eigenvalue weighted by Crippen LogP contribution is 2.28. The van der Waals surface area contributed by atoms with Gasteiger partial charge in [-0.15, -0.1) is 0 Å². The second-order valence-corrected chi connectivity index (χ2v) is 5.48. The maximum atomic E-state index is 6.31. The van der Waals surface area contributed by atoms with E-state index in [1.807, 2.05) is 18.2 Å². The zero-order valence-corrected chi connectivity index (χ0v) is 11.7. The van der Waals surface area contributed by atoms with E-state index in [0.717, 1.165) is 18.1 Å². The van der Waals surface area contributed by atoms with Crippen molar-refractivity contribution in [3.8, 4) is 0 Å². The van der Waals surface area contributed by atoms with Gasteiger partial charge in [0.05, 0.1) is 0 Å². The predicted molar refractivity (Wildman–Crippen MR) is 77.9 cm³/mol. The Labute approximate surface area is 115 Å². The van der Waals surface area contributed by atoms with Crippen LogP contribution >= 0.6 is 11.6 Å². The van der Waals surface area contributed by atoms with Crippen LogP contribution in [0, 0.1) is 0 Å². The second kappa shape index (κ2) is 7.13. The summed E-state index contributed by atoms with van der Waals surface area (Å²) in [7, 11) is 0. The van der Waals surface area contributed by atoms with Gasteiger partial charge in [0.25, 0.3) is 0 Å². The van der Waals surface area contributed by atoms with Crippen LogP contribution in [0.15, 0.2) is 24.3 Å². The molecule has 0 radical (unpaired) electrons. The predicted octanol–water partition coefficient (Wildman–Crippen LogP) is 3.61. The average Bonchev–Trinajstić information content (AvgIpc) is 2.34. The van der Waals surface area contributed by atoms with Crippen molar-refractivity contribution in [3.63, 3.8) is 0 Å². The smallest absolute Gasteiger partial charge is 0.0485 e. The Morgan fingerprint density at radius 3 is 2.28 bits per heavy atom. The van der Waals surface area contributed by atoms with Crippen LogP contribution in [-0.2, 0) is 0 Å². The van der Waals surface area contributed by atoms with Gasteiger partial charge in [-0.1, -0.05) is 49.1 Å². The molecule has 0 bridgehead atoms. The summed E-state index contributed by atoms with van der Waals surface area (Å²) >= 11 is 6.31. The van der Waals surface area contributed by atoms with E-state index in [-0.39, 0.29) is 6.04 Å². The highest BCUT2D eigenvalue weighted by molar-refractivity contribution is 6.31. The van der Waals surface area contributed by atoms with E-state index in [9.17, 15) is 0 Å². The van der Waals surface area contributed by atoms with Crippen LogP contribution in [0.2, 0.25) is 5.02 Å². The van der Waals surface area contributed by atoms with Gasteiger partial charge >= 0.3 is 0 Å². The number of likely N-dealkylation sites (tertiary alicyclic amines) is 1. The summed E-state index contributed by atoms with van der Waals surface area (Å²) in [6.45, 7) is 2.93. The molecule has 0 aliphatic carbocycles. The first-order valence-corrected chi connectivity index (χ1v) is 7.39. The molecule has 2 N–H and O–H groups in total. The molecule has 100 valence electrons. The van der Waals surface area contributed by atoms with Gasteiger partial charge in [-0.3, -0.25) is 4.90 Å². The van der Waals surface area contributed by atoms with Crippen LogP contribution < -0.4 is 5.73 Å². The van der Waals surface area contributed by atoms with Gasteiger partial charge in [0, 0.05) is 17.6 Å². The molecule has 1 atom stereocenters. The van der Waals surface area contributed by atoms with Crippen molar-refractivity contribution in [2.24, 2.45) is 5.73 Å². The van der Waals surface area contributed by atoms with Gasteiger partial charge < -0.3 is 5.73 Å². The molecular formula is C15H23ClN2. The first kappa shape index (κ1) is 13.9. The summed E-state index contributed by atoms with van der Waals surface area (Å²) in [6.07, 6.45) is 6.63. The third-order valence-electron chi connectivity index (χ3n) is 3.82. The van der Waals surface area contributed by atoms with Crippen molar-refractivity contribution in [2.75, 3.05) is 19.6 Å². The lowest BCUT2D eigenvalue weighted by Gasteiger charge is -2.33. The maximum Gasteiger partial charge on any atom is 0.0485 e. The number of hydrogen-bond donors (Lipinski definition) is 1. The molecular weight excluding hydrogens is 244 g/mol. The molecule has 1 fully saturated rings. The highest BCUT2D eigenvalue weighted by Gasteiger charge is 2.21. The monoisotopic (exact) mass is 266 g/mol. The summed E-state index contributed by atoms with van der Waals surface area (Å²) in [4.78, 5) is 2.51. The molecule has 2 rings (SSSR count). The van der Waals surface area contributed by atoms with Crippen LogP contribution in [0.4, 0.5) is 0 Å². The fourth-order valence-electron chi connectivity index (χ4n) is 2.80. The van der Waals surface area contributed by atoms with Crippen molar-refractivity contribution < 1.29 is 0 Å². The van der Waals surface area contributed by atoms with Gasteiger partial charge in [-0.2, -0.15) is 0 Å². The SMILES string of the molecule is NCC(c1ccccc1Cl)N1CCCCCCC1. The summed E-state index contributed by atoms with van der Waals surface area (Å²) in [5.41, 5.74) is 7.18. The van der Waals surface area contributed by atoms with Crippen molar-refractivity contribution >= 4 is 11.6 Å². The average molecular weight is 267 g/mol. The molecule has 0 aromatic heterocycles. The Morgan fingerprint density at radius 2 is 1.67 bits per heavy atom. The molecule has 1 unspecified atom stereocenters. The molecule has 3 heteroatoms. The van der Waals surface area contributed by atoms with Gasteiger partial charge in [0.2, 0.25) is 0 Å². The van der Waals surface area contributed by atoms with E-state index in [1.54, 1.807) is 0 Å². The minimum absolute atomic E-state index is 0.275. The second-order valence-electron chi connectivity index (χ2n) is 5.08. The molecule has 0 amide bonds. The summed E-state index contributed by atoms with van der Waals surface area (Å²) < 4.78 is 0. The van der Waals surface area contributed by atoms with E-state index in [2.05, 4.69) is 11.0 Å². The minimum Gasteiger partial charge on any atom is -0.329 e. The zero-order chi connectivity index (χ0) is 12.8. The number of nitrogens with two attached hydrogens (primary N) is 1. The molecule has 1 heterocycles. The lowest BCUT2D eigenvalue weighted by atomic mass is 10.0. The number of rotatable bonds is 3. The number of hydrogen-bond acceptors (Lipinski definition) is 2. The van der Waals surface area contributed by atoms with E-state index < -0.39 is 0 Å². The van der Waals surface area contributed by atoms with Crippen LogP contribution in [0.25, 0.3) is 0 Å². The molecule has 1 aliphatic heterocycles. The molecule has 2 nitrogen and oxygen atoms in total. The van der Waals surface area contributed by atoms with Crippen LogP contribution in [-0.4, -0.2) is 24.5 Å². The fraction of sp³-hybridized carbons (Fsp3) is 0.600. The summed E-state index contributed by atoms with van der Waals surface area (Å²) in [5, 5.41) is 0.843. The summed E-state index contributed by atoms with van der Waals surface area (Å²) in [5.74, 6) is 0. The van der Waals surface area contributed by atoms with Crippen molar-refractivity contribution in [1.29, 1.82) is 0 Å². The van der Waals surface area contributed by atoms with E-state index >= 15 is 0 Å². The Morgan fingerprint density at radius 1 is 1.06 bits per heavy atom. The fourth-order valence-corrected chi connectivity index (χ4v) is 3.06. The zero-order valence-electron chi connectivity index (χ0n) is 10.9. The molecule has 1 aromatic carbocycles. The highest BCUT2D eigenvalue weighted by atomic mass is 35.5. The minimum atomic E-state index is 0.275. The third kappa shape index (κ3) is 3.47. The Bertz CT molecular complexity index is 359. The van der Waals surface area contributed by atoms with Gasteiger partial charge in [-0.05, 0) is 37.6 Å². The lowest BCUT2D eigenvalue weighted by Crippen LogP contribution is -2.36. The van der Waals surface area contributed by atoms with E-state index in [4.69, 9.17) is 17.3 Å². The van der Waals surface area contributed by atoms with Crippen LogP contribution in [0.1, 0.15) is 43.7 Å². The normalized spacial score (nSPS) is 20.1. The molecule has 18 heavy (non-hydrogen) atoms. The summed E-state index contributed by atoms with van der Waals surface area (Å²) in [6, 6.07) is 8.38. The Hall–Kier alpha value is -0.570. The number of halogens is 1. The molecule has 0 spiro atoms. The topological polar surface area (TPSA) is 29.3 Å². The molecule has 1 aliphatic rings. The van der Waals surface area contributed by atoms with Crippen molar-refractivity contribution in [2.45, 2.75) is 38.1 Å². The first-order chi connectivity index (χ1) is 8.83. The number of nitrogens with zero attached hydrogens (tertiary/aromatic N) is 1. The van der Waals surface area contributed by atoms with Gasteiger partial charge in [-0.25, -0.2) is 0 Å². The maximum absolute atomic E-state index is 6.31.